The maximum absolute atomic E-state index is 11.8. The number of amides is 1. The normalized spacial score (nSPS) is 12.4. The zero-order valence-corrected chi connectivity index (χ0v) is 15.6. The second-order valence-corrected chi connectivity index (χ2v) is 6.84. The third kappa shape index (κ3) is 4.48. The molecule has 2 rings (SSSR count). The molecule has 0 radical (unpaired) electrons. The molecular weight excluding hydrogens is 324 g/mol. The van der Waals surface area contributed by atoms with Crippen LogP contribution in [-0.4, -0.2) is 45.3 Å². The molecule has 0 aliphatic carbocycles. The average Bonchev–Trinajstić information content (AvgIpc) is 2.81. The molecule has 1 unspecified atom stereocenters. The minimum atomic E-state index is 0.0101. The molecular formula is C16H25N6OS+. The van der Waals surface area contributed by atoms with Gasteiger partial charge in [0.05, 0.1) is 12.7 Å². The molecule has 130 valence electrons. The molecule has 1 heterocycles. The number of rotatable bonds is 6. The maximum Gasteiger partial charge on any atom is 0.275 e. The standard InChI is InChI=1S/C16H24N6OS/c1-11(2)17-15(23)9-20(5)10-21-16(24)22(19-18-21)14-8-12(3)6-7-13(14)4/h6-8,11H,9-10H2,1-5H3,(H,17,23)/p+1. The summed E-state index contributed by atoms with van der Waals surface area (Å²) in [6.45, 7) is 8.77. The van der Waals surface area contributed by atoms with E-state index in [1.54, 1.807) is 9.36 Å². The van der Waals surface area contributed by atoms with Gasteiger partial charge in [0.15, 0.2) is 13.2 Å². The topological polar surface area (TPSA) is 69.2 Å². The van der Waals surface area contributed by atoms with Crippen molar-refractivity contribution in [3.8, 4) is 5.69 Å². The van der Waals surface area contributed by atoms with Gasteiger partial charge in [-0.2, -0.15) is 9.36 Å². The number of quaternary nitrogens is 1. The summed E-state index contributed by atoms with van der Waals surface area (Å²) in [5, 5.41) is 11.2. The average molecular weight is 349 g/mol. The second-order valence-electron chi connectivity index (χ2n) is 6.48. The minimum Gasteiger partial charge on any atom is -0.349 e. The molecule has 0 saturated carbocycles. The molecule has 0 aliphatic rings. The first kappa shape index (κ1) is 18.3. The lowest BCUT2D eigenvalue weighted by molar-refractivity contribution is -0.895. The fourth-order valence-electron chi connectivity index (χ4n) is 2.43. The number of tetrazole rings is 1. The monoisotopic (exact) mass is 349 g/mol. The molecule has 8 heteroatoms. The molecule has 2 N–H and O–H groups in total. The summed E-state index contributed by atoms with van der Waals surface area (Å²) < 4.78 is 3.83. The molecule has 1 atom stereocenters. The van der Waals surface area contributed by atoms with Crippen molar-refractivity contribution in [1.29, 1.82) is 0 Å². The second kappa shape index (κ2) is 7.67. The lowest BCUT2D eigenvalue weighted by atomic mass is 10.1. The van der Waals surface area contributed by atoms with Crippen molar-refractivity contribution < 1.29 is 9.69 Å². The third-order valence-electron chi connectivity index (χ3n) is 3.56. The molecule has 0 spiro atoms. The van der Waals surface area contributed by atoms with Crippen molar-refractivity contribution in [2.24, 2.45) is 0 Å². The van der Waals surface area contributed by atoms with E-state index < -0.39 is 0 Å². The Morgan fingerprint density at radius 3 is 2.71 bits per heavy atom. The fourth-order valence-corrected chi connectivity index (χ4v) is 2.67. The Hall–Kier alpha value is -2.06. The Balaban J connectivity index is 2.14. The van der Waals surface area contributed by atoms with Gasteiger partial charge in [0, 0.05) is 6.04 Å². The Bertz CT molecular complexity index is 779. The smallest absolute Gasteiger partial charge is 0.275 e. The summed E-state index contributed by atoms with van der Waals surface area (Å²) in [5.41, 5.74) is 3.15. The van der Waals surface area contributed by atoms with Crippen LogP contribution in [0.15, 0.2) is 18.2 Å². The van der Waals surface area contributed by atoms with E-state index in [1.807, 2.05) is 46.9 Å². The summed E-state index contributed by atoms with van der Waals surface area (Å²) >= 11 is 5.50. The van der Waals surface area contributed by atoms with Gasteiger partial charge in [0.2, 0.25) is 4.77 Å². The summed E-state index contributed by atoms with van der Waals surface area (Å²) in [6.07, 6.45) is 0. The first-order chi connectivity index (χ1) is 11.3. The van der Waals surface area contributed by atoms with Crippen molar-refractivity contribution in [1.82, 2.24) is 25.1 Å². The van der Waals surface area contributed by atoms with Gasteiger partial charge in [-0.25, -0.2) is 0 Å². The van der Waals surface area contributed by atoms with E-state index in [1.165, 1.54) is 0 Å². The number of nitrogens with zero attached hydrogens (tertiary/aromatic N) is 4. The molecule has 0 saturated heterocycles. The fraction of sp³-hybridized carbons (Fsp3) is 0.500. The number of aromatic nitrogens is 4. The Morgan fingerprint density at radius 2 is 2.04 bits per heavy atom. The molecule has 7 nitrogen and oxygen atoms in total. The van der Waals surface area contributed by atoms with E-state index in [-0.39, 0.29) is 11.9 Å². The van der Waals surface area contributed by atoms with Crippen LogP contribution >= 0.6 is 12.2 Å². The lowest BCUT2D eigenvalue weighted by Gasteiger charge is -2.14. The summed E-state index contributed by atoms with van der Waals surface area (Å²) in [6, 6.07) is 6.27. The van der Waals surface area contributed by atoms with Crippen LogP contribution in [0.2, 0.25) is 0 Å². The summed E-state index contributed by atoms with van der Waals surface area (Å²) in [5.74, 6) is 0.0101. The third-order valence-corrected chi connectivity index (χ3v) is 3.95. The highest BCUT2D eigenvalue weighted by molar-refractivity contribution is 7.71. The number of likely N-dealkylation sites (N-methyl/N-ethyl adjacent to an activating group) is 1. The van der Waals surface area contributed by atoms with E-state index >= 15 is 0 Å². The van der Waals surface area contributed by atoms with Crippen molar-refractivity contribution in [3.63, 3.8) is 0 Å². The number of aryl methyl sites for hydroxylation is 2. The predicted molar refractivity (Wildman–Crippen MR) is 94.7 cm³/mol. The molecule has 0 fully saturated rings. The molecule has 2 aromatic rings. The molecule has 1 aromatic carbocycles. The van der Waals surface area contributed by atoms with E-state index in [4.69, 9.17) is 12.2 Å². The minimum absolute atomic E-state index is 0.0101. The molecule has 1 aromatic heterocycles. The number of benzene rings is 1. The quantitative estimate of drug-likeness (QED) is 0.742. The van der Waals surface area contributed by atoms with Crippen LogP contribution in [0.1, 0.15) is 25.0 Å². The first-order valence-corrected chi connectivity index (χ1v) is 8.40. The predicted octanol–water partition coefficient (Wildman–Crippen LogP) is 0.412. The van der Waals surface area contributed by atoms with Crippen LogP contribution in [-0.2, 0) is 11.5 Å². The van der Waals surface area contributed by atoms with E-state index in [0.29, 0.717) is 18.0 Å². The van der Waals surface area contributed by atoms with Gasteiger partial charge in [0.1, 0.15) is 0 Å². The van der Waals surface area contributed by atoms with E-state index in [9.17, 15) is 4.79 Å². The zero-order chi connectivity index (χ0) is 17.9. The van der Waals surface area contributed by atoms with Crippen molar-refractivity contribution in [2.45, 2.75) is 40.4 Å². The van der Waals surface area contributed by atoms with Gasteiger partial charge in [-0.3, -0.25) is 4.79 Å². The number of nitrogens with one attached hydrogen (secondary N) is 2. The van der Waals surface area contributed by atoms with Crippen LogP contribution in [0.5, 0.6) is 0 Å². The lowest BCUT2D eigenvalue weighted by Crippen LogP contribution is -3.09. The highest BCUT2D eigenvalue weighted by Crippen LogP contribution is 2.14. The van der Waals surface area contributed by atoms with Gasteiger partial charge in [-0.1, -0.05) is 12.1 Å². The molecule has 24 heavy (non-hydrogen) atoms. The van der Waals surface area contributed by atoms with Crippen LogP contribution < -0.4 is 10.2 Å². The van der Waals surface area contributed by atoms with Crippen LogP contribution in [0.3, 0.4) is 0 Å². The first-order valence-electron chi connectivity index (χ1n) is 7.99. The highest BCUT2D eigenvalue weighted by Gasteiger charge is 2.14. The largest absolute Gasteiger partial charge is 0.349 e. The number of hydrogen-bond donors (Lipinski definition) is 2. The van der Waals surface area contributed by atoms with Gasteiger partial charge in [-0.15, -0.1) is 0 Å². The molecule has 1 amide bonds. The van der Waals surface area contributed by atoms with Gasteiger partial charge >= 0.3 is 0 Å². The number of hydrogen-bond acceptors (Lipinski definition) is 4. The number of carbonyl (C=O) groups is 1. The van der Waals surface area contributed by atoms with Crippen LogP contribution in [0.4, 0.5) is 0 Å². The van der Waals surface area contributed by atoms with Crippen LogP contribution in [0.25, 0.3) is 5.69 Å². The van der Waals surface area contributed by atoms with Crippen molar-refractivity contribution in [3.05, 3.63) is 34.1 Å². The Kier molecular flexibility index (Phi) is 5.84. The van der Waals surface area contributed by atoms with E-state index in [0.717, 1.165) is 21.7 Å². The zero-order valence-electron chi connectivity index (χ0n) is 14.8. The van der Waals surface area contributed by atoms with Crippen molar-refractivity contribution >= 4 is 18.1 Å². The van der Waals surface area contributed by atoms with Crippen LogP contribution in [0, 0.1) is 18.6 Å². The summed E-state index contributed by atoms with van der Waals surface area (Å²) in [4.78, 5) is 12.8. The van der Waals surface area contributed by atoms with Crippen molar-refractivity contribution in [2.75, 3.05) is 13.6 Å². The van der Waals surface area contributed by atoms with Gasteiger partial charge < -0.3 is 10.2 Å². The highest BCUT2D eigenvalue weighted by atomic mass is 32.1. The Labute approximate surface area is 147 Å². The molecule has 0 aliphatic heterocycles. The van der Waals surface area contributed by atoms with Gasteiger partial charge in [0.25, 0.3) is 5.91 Å². The summed E-state index contributed by atoms with van der Waals surface area (Å²) in [7, 11) is 1.93. The number of carbonyl (C=O) groups excluding carboxylic acids is 1. The maximum atomic E-state index is 11.8. The van der Waals surface area contributed by atoms with E-state index in [2.05, 4.69) is 21.8 Å². The Morgan fingerprint density at radius 1 is 1.33 bits per heavy atom. The molecule has 0 bridgehead atoms. The van der Waals surface area contributed by atoms with Gasteiger partial charge in [-0.05, 0) is 67.5 Å². The SMILES string of the molecule is Cc1ccc(C)c(-n2nnn(C[NH+](C)CC(=O)NC(C)C)c2=S)c1.